The van der Waals surface area contributed by atoms with Crippen LogP contribution in [0.3, 0.4) is 0 Å². The Labute approximate surface area is 106 Å². The maximum absolute atomic E-state index is 5.26. The monoisotopic (exact) mass is 243 g/mol. The first-order valence-corrected chi connectivity index (χ1v) is 5.88. The SMILES string of the molecule is CC(CNc1ccnc(NN)n1)c1ccccc1. The van der Waals surface area contributed by atoms with E-state index in [1.807, 2.05) is 24.3 Å². The molecular weight excluding hydrogens is 226 g/mol. The predicted molar refractivity (Wildman–Crippen MR) is 73.2 cm³/mol. The average molecular weight is 243 g/mol. The van der Waals surface area contributed by atoms with Gasteiger partial charge in [-0.05, 0) is 17.5 Å². The number of benzene rings is 1. The highest BCUT2D eigenvalue weighted by Crippen LogP contribution is 2.15. The van der Waals surface area contributed by atoms with Gasteiger partial charge in [0.05, 0.1) is 0 Å². The molecule has 1 aromatic carbocycles. The number of nitrogens with two attached hydrogens (primary N) is 1. The van der Waals surface area contributed by atoms with E-state index in [1.54, 1.807) is 6.20 Å². The first kappa shape index (κ1) is 12.3. The van der Waals surface area contributed by atoms with Gasteiger partial charge < -0.3 is 5.32 Å². The van der Waals surface area contributed by atoms with Crippen LogP contribution in [0.2, 0.25) is 0 Å². The molecule has 18 heavy (non-hydrogen) atoms. The largest absolute Gasteiger partial charge is 0.369 e. The molecule has 0 amide bonds. The summed E-state index contributed by atoms with van der Waals surface area (Å²) in [5.41, 5.74) is 3.73. The van der Waals surface area contributed by atoms with Crippen molar-refractivity contribution in [1.29, 1.82) is 0 Å². The van der Waals surface area contributed by atoms with Gasteiger partial charge >= 0.3 is 0 Å². The van der Waals surface area contributed by atoms with Crippen molar-refractivity contribution < 1.29 is 0 Å². The minimum atomic E-state index is 0.410. The Morgan fingerprint density at radius 1 is 1.22 bits per heavy atom. The molecule has 0 radical (unpaired) electrons. The predicted octanol–water partition coefficient (Wildman–Crippen LogP) is 1.98. The highest BCUT2D eigenvalue weighted by atomic mass is 15.3. The number of aromatic nitrogens is 2. The van der Waals surface area contributed by atoms with Gasteiger partial charge in [-0.2, -0.15) is 4.98 Å². The minimum Gasteiger partial charge on any atom is -0.369 e. The smallest absolute Gasteiger partial charge is 0.239 e. The van der Waals surface area contributed by atoms with E-state index >= 15 is 0 Å². The van der Waals surface area contributed by atoms with Crippen LogP contribution in [0.1, 0.15) is 18.4 Å². The average Bonchev–Trinajstić information content (AvgIpc) is 2.46. The van der Waals surface area contributed by atoms with Crippen LogP contribution in [0.25, 0.3) is 0 Å². The van der Waals surface area contributed by atoms with Crippen LogP contribution in [0.5, 0.6) is 0 Å². The fourth-order valence-electron chi connectivity index (χ4n) is 1.68. The lowest BCUT2D eigenvalue weighted by Crippen LogP contribution is -2.14. The Balaban J connectivity index is 1.95. The van der Waals surface area contributed by atoms with E-state index in [1.165, 1.54) is 5.56 Å². The van der Waals surface area contributed by atoms with Crippen molar-refractivity contribution in [2.24, 2.45) is 5.84 Å². The number of nitrogen functional groups attached to an aromatic ring is 1. The number of hydrogen-bond acceptors (Lipinski definition) is 5. The molecule has 0 aliphatic carbocycles. The molecule has 1 unspecified atom stereocenters. The molecule has 0 fully saturated rings. The number of nitrogens with zero attached hydrogens (tertiary/aromatic N) is 2. The Morgan fingerprint density at radius 3 is 2.72 bits per heavy atom. The van der Waals surface area contributed by atoms with Gasteiger partial charge in [-0.25, -0.2) is 10.8 Å². The lowest BCUT2D eigenvalue weighted by atomic mass is 10.0. The van der Waals surface area contributed by atoms with Crippen LogP contribution in [-0.2, 0) is 0 Å². The molecule has 0 bridgehead atoms. The van der Waals surface area contributed by atoms with Crippen molar-refractivity contribution in [2.45, 2.75) is 12.8 Å². The maximum Gasteiger partial charge on any atom is 0.239 e. The van der Waals surface area contributed by atoms with Crippen LogP contribution in [0.4, 0.5) is 11.8 Å². The second kappa shape index (κ2) is 5.97. The summed E-state index contributed by atoms with van der Waals surface area (Å²) < 4.78 is 0. The molecule has 5 heteroatoms. The molecule has 0 saturated heterocycles. The van der Waals surface area contributed by atoms with E-state index in [9.17, 15) is 0 Å². The van der Waals surface area contributed by atoms with Crippen LogP contribution in [-0.4, -0.2) is 16.5 Å². The van der Waals surface area contributed by atoms with E-state index in [2.05, 4.69) is 39.8 Å². The third-order valence-electron chi connectivity index (χ3n) is 2.74. The minimum absolute atomic E-state index is 0.410. The standard InChI is InChI=1S/C13H17N5/c1-10(11-5-3-2-4-6-11)9-16-12-7-8-15-13(17-12)18-14/h2-8,10H,9,14H2,1H3,(H2,15,16,17,18). The molecule has 1 heterocycles. The zero-order valence-electron chi connectivity index (χ0n) is 10.3. The summed E-state index contributed by atoms with van der Waals surface area (Å²) in [5, 5.41) is 3.27. The summed E-state index contributed by atoms with van der Waals surface area (Å²) in [7, 11) is 0. The van der Waals surface area contributed by atoms with E-state index < -0.39 is 0 Å². The lowest BCUT2D eigenvalue weighted by molar-refractivity contribution is 0.801. The second-order valence-electron chi connectivity index (χ2n) is 4.10. The Morgan fingerprint density at radius 2 is 2.00 bits per heavy atom. The van der Waals surface area contributed by atoms with Gasteiger partial charge in [-0.15, -0.1) is 0 Å². The lowest BCUT2D eigenvalue weighted by Gasteiger charge is -2.13. The highest BCUT2D eigenvalue weighted by molar-refractivity contribution is 5.39. The quantitative estimate of drug-likeness (QED) is 0.553. The van der Waals surface area contributed by atoms with Crippen LogP contribution >= 0.6 is 0 Å². The van der Waals surface area contributed by atoms with Crippen LogP contribution in [0, 0.1) is 0 Å². The third-order valence-corrected chi connectivity index (χ3v) is 2.74. The van der Waals surface area contributed by atoms with E-state index in [4.69, 9.17) is 5.84 Å². The topological polar surface area (TPSA) is 75.9 Å². The Hall–Kier alpha value is -2.14. The van der Waals surface area contributed by atoms with Crippen molar-refractivity contribution in [1.82, 2.24) is 9.97 Å². The van der Waals surface area contributed by atoms with E-state index in [0.29, 0.717) is 11.9 Å². The molecule has 0 saturated carbocycles. The summed E-state index contributed by atoms with van der Waals surface area (Å²) >= 11 is 0. The zero-order valence-corrected chi connectivity index (χ0v) is 10.3. The zero-order chi connectivity index (χ0) is 12.8. The molecule has 1 aromatic heterocycles. The first-order valence-electron chi connectivity index (χ1n) is 5.88. The van der Waals surface area contributed by atoms with Gasteiger partial charge in [0.1, 0.15) is 5.82 Å². The Kier molecular flexibility index (Phi) is 4.09. The summed E-state index contributed by atoms with van der Waals surface area (Å²) in [4.78, 5) is 8.15. The van der Waals surface area contributed by atoms with Crippen molar-refractivity contribution in [3.8, 4) is 0 Å². The number of rotatable bonds is 5. The summed E-state index contributed by atoms with van der Waals surface area (Å²) in [5.74, 6) is 6.85. The summed E-state index contributed by atoms with van der Waals surface area (Å²) in [6.45, 7) is 2.98. The molecule has 2 rings (SSSR count). The second-order valence-corrected chi connectivity index (χ2v) is 4.10. The van der Waals surface area contributed by atoms with Gasteiger partial charge in [0.15, 0.2) is 0 Å². The molecule has 0 aliphatic heterocycles. The number of anilines is 2. The van der Waals surface area contributed by atoms with Crippen molar-refractivity contribution in [3.63, 3.8) is 0 Å². The van der Waals surface area contributed by atoms with Crippen LogP contribution < -0.4 is 16.6 Å². The van der Waals surface area contributed by atoms with E-state index in [0.717, 1.165) is 12.4 Å². The number of hydrazine groups is 1. The summed E-state index contributed by atoms with van der Waals surface area (Å²) in [6.07, 6.45) is 1.66. The van der Waals surface area contributed by atoms with Gasteiger partial charge in [0.2, 0.25) is 5.95 Å². The van der Waals surface area contributed by atoms with Crippen molar-refractivity contribution in [2.75, 3.05) is 17.3 Å². The van der Waals surface area contributed by atoms with E-state index in [-0.39, 0.29) is 0 Å². The Bertz CT molecular complexity index is 486. The molecule has 94 valence electrons. The van der Waals surface area contributed by atoms with Crippen molar-refractivity contribution in [3.05, 3.63) is 48.2 Å². The molecule has 0 spiro atoms. The fourth-order valence-corrected chi connectivity index (χ4v) is 1.68. The van der Waals surface area contributed by atoms with Gasteiger partial charge in [0.25, 0.3) is 0 Å². The maximum atomic E-state index is 5.26. The fraction of sp³-hybridized carbons (Fsp3) is 0.231. The van der Waals surface area contributed by atoms with Gasteiger partial charge in [-0.1, -0.05) is 37.3 Å². The first-order chi connectivity index (χ1) is 8.79. The van der Waals surface area contributed by atoms with Gasteiger partial charge in [0, 0.05) is 12.7 Å². The molecule has 4 N–H and O–H groups in total. The van der Waals surface area contributed by atoms with Crippen LogP contribution in [0.15, 0.2) is 42.6 Å². The van der Waals surface area contributed by atoms with Gasteiger partial charge in [-0.3, -0.25) is 5.43 Å². The number of hydrogen-bond donors (Lipinski definition) is 3. The van der Waals surface area contributed by atoms with Crippen molar-refractivity contribution >= 4 is 11.8 Å². The molecule has 5 nitrogen and oxygen atoms in total. The highest BCUT2D eigenvalue weighted by Gasteiger charge is 2.05. The third kappa shape index (κ3) is 3.18. The molecule has 2 aromatic rings. The normalized spacial score (nSPS) is 11.9. The molecule has 0 aliphatic rings. The summed E-state index contributed by atoms with van der Waals surface area (Å²) in [6, 6.07) is 12.2. The molecule has 1 atom stereocenters. The number of nitrogens with one attached hydrogen (secondary N) is 2. The molecular formula is C13H17N5.